The fourth-order valence-electron chi connectivity index (χ4n) is 4.22. The van der Waals surface area contributed by atoms with E-state index in [2.05, 4.69) is 23.5 Å². The lowest BCUT2D eigenvalue weighted by molar-refractivity contribution is -0.141. The van der Waals surface area contributed by atoms with Gasteiger partial charge in [0.25, 0.3) is 0 Å². The van der Waals surface area contributed by atoms with Crippen molar-refractivity contribution in [3.63, 3.8) is 0 Å². The molecule has 2 amide bonds. The molecule has 0 aliphatic heterocycles. The number of amides is 2. The molecule has 4 nitrogen and oxygen atoms in total. The van der Waals surface area contributed by atoms with E-state index in [1.807, 2.05) is 88.4 Å². The Morgan fingerprint density at radius 2 is 1.38 bits per heavy atom. The van der Waals surface area contributed by atoms with Gasteiger partial charge in [0.2, 0.25) is 11.8 Å². The summed E-state index contributed by atoms with van der Waals surface area (Å²) in [5.41, 5.74) is 5.27. The highest BCUT2D eigenvalue weighted by Crippen LogP contribution is 2.18. The molecule has 3 rings (SSSR count). The monoisotopic (exact) mass is 456 g/mol. The fourth-order valence-corrected chi connectivity index (χ4v) is 4.22. The summed E-state index contributed by atoms with van der Waals surface area (Å²) in [6.45, 7) is 8.51. The van der Waals surface area contributed by atoms with E-state index in [-0.39, 0.29) is 24.3 Å². The molecule has 3 aromatic carbocycles. The van der Waals surface area contributed by atoms with Gasteiger partial charge in [0.15, 0.2) is 0 Å². The molecule has 0 saturated carbocycles. The van der Waals surface area contributed by atoms with E-state index >= 15 is 0 Å². The summed E-state index contributed by atoms with van der Waals surface area (Å²) in [4.78, 5) is 29.0. The first kappa shape index (κ1) is 25.2. The number of rotatable bonds is 10. The molecule has 0 unspecified atom stereocenters. The summed E-state index contributed by atoms with van der Waals surface area (Å²) in [6, 6.07) is 25.5. The molecule has 2 atom stereocenters. The van der Waals surface area contributed by atoms with Crippen LogP contribution < -0.4 is 5.32 Å². The lowest BCUT2D eigenvalue weighted by atomic mass is 10.00. The minimum Gasteiger partial charge on any atom is -0.352 e. The van der Waals surface area contributed by atoms with Crippen molar-refractivity contribution in [3.8, 4) is 0 Å². The van der Waals surface area contributed by atoms with Crippen molar-refractivity contribution in [1.82, 2.24) is 10.2 Å². The quantitative estimate of drug-likeness (QED) is 0.444. The van der Waals surface area contributed by atoms with Gasteiger partial charge in [0, 0.05) is 19.0 Å². The van der Waals surface area contributed by atoms with Crippen LogP contribution in [0.25, 0.3) is 0 Å². The Kier molecular flexibility index (Phi) is 9.03. The second-order valence-corrected chi connectivity index (χ2v) is 9.20. The van der Waals surface area contributed by atoms with Crippen LogP contribution in [0.2, 0.25) is 0 Å². The van der Waals surface area contributed by atoms with Gasteiger partial charge < -0.3 is 10.2 Å². The van der Waals surface area contributed by atoms with E-state index in [1.54, 1.807) is 4.90 Å². The molecule has 0 bridgehead atoms. The molecule has 0 aliphatic carbocycles. The first-order valence-electron chi connectivity index (χ1n) is 12.1. The van der Waals surface area contributed by atoms with Crippen LogP contribution in [0, 0.1) is 13.8 Å². The Bertz CT molecular complexity index is 1060. The van der Waals surface area contributed by atoms with Gasteiger partial charge in [-0.2, -0.15) is 0 Å². The van der Waals surface area contributed by atoms with Crippen LogP contribution in [0.5, 0.6) is 0 Å². The summed E-state index contributed by atoms with van der Waals surface area (Å²) in [5, 5.41) is 3.12. The third-order valence-corrected chi connectivity index (χ3v) is 6.10. The van der Waals surface area contributed by atoms with Gasteiger partial charge in [-0.05, 0) is 43.9 Å². The normalized spacial score (nSPS) is 12.6. The Morgan fingerprint density at radius 3 is 1.94 bits per heavy atom. The van der Waals surface area contributed by atoms with Crippen LogP contribution in [0.1, 0.15) is 48.1 Å². The molecule has 178 valence electrons. The van der Waals surface area contributed by atoms with Crippen LogP contribution in [0.15, 0.2) is 78.9 Å². The first-order valence-corrected chi connectivity index (χ1v) is 12.1. The lowest BCUT2D eigenvalue weighted by Gasteiger charge is -2.32. The van der Waals surface area contributed by atoms with Crippen LogP contribution in [0.4, 0.5) is 0 Å². The van der Waals surface area contributed by atoms with Crippen molar-refractivity contribution < 1.29 is 9.59 Å². The van der Waals surface area contributed by atoms with Crippen LogP contribution in [-0.4, -0.2) is 28.8 Å². The third kappa shape index (κ3) is 7.31. The average Bonchev–Trinajstić information content (AvgIpc) is 2.81. The second kappa shape index (κ2) is 12.2. The highest BCUT2D eigenvalue weighted by Gasteiger charge is 2.31. The van der Waals surface area contributed by atoms with E-state index in [0.29, 0.717) is 13.0 Å². The van der Waals surface area contributed by atoms with E-state index in [1.165, 1.54) is 0 Å². The smallest absolute Gasteiger partial charge is 0.243 e. The zero-order chi connectivity index (χ0) is 24.5. The Balaban J connectivity index is 1.97. The van der Waals surface area contributed by atoms with Gasteiger partial charge in [0.05, 0.1) is 6.42 Å². The summed E-state index contributed by atoms with van der Waals surface area (Å²) in [7, 11) is 0. The molecular weight excluding hydrogens is 420 g/mol. The largest absolute Gasteiger partial charge is 0.352 e. The SMILES string of the molecule is CC[C@@H](C)NC(=O)[C@@H](Cc1ccccc1)N(Cc1ccccc1)C(=O)Cc1cc(C)cc(C)c1. The molecule has 0 saturated heterocycles. The number of hydrogen-bond donors (Lipinski definition) is 1. The van der Waals surface area contributed by atoms with Crippen LogP contribution in [0.3, 0.4) is 0 Å². The number of benzene rings is 3. The Labute approximate surface area is 204 Å². The molecule has 3 aromatic rings. The van der Waals surface area contributed by atoms with Crippen molar-refractivity contribution in [2.45, 2.75) is 65.6 Å². The number of hydrogen-bond acceptors (Lipinski definition) is 2. The molecular formula is C30H36N2O2. The van der Waals surface area contributed by atoms with E-state index < -0.39 is 6.04 Å². The molecule has 0 aliphatic rings. The van der Waals surface area contributed by atoms with Crippen molar-refractivity contribution in [1.29, 1.82) is 0 Å². The maximum absolute atomic E-state index is 13.8. The molecule has 4 heteroatoms. The van der Waals surface area contributed by atoms with Crippen molar-refractivity contribution >= 4 is 11.8 Å². The fraction of sp³-hybridized carbons (Fsp3) is 0.333. The minimum atomic E-state index is -0.602. The number of nitrogens with one attached hydrogen (secondary N) is 1. The molecule has 0 spiro atoms. The van der Waals surface area contributed by atoms with Gasteiger partial charge in [-0.1, -0.05) is 96.9 Å². The molecule has 34 heavy (non-hydrogen) atoms. The summed E-state index contributed by atoms with van der Waals surface area (Å²) >= 11 is 0. The zero-order valence-electron chi connectivity index (χ0n) is 20.8. The summed E-state index contributed by atoms with van der Waals surface area (Å²) in [5.74, 6) is -0.156. The molecule has 0 radical (unpaired) electrons. The Morgan fingerprint density at radius 1 is 0.824 bits per heavy atom. The summed E-state index contributed by atoms with van der Waals surface area (Å²) < 4.78 is 0. The van der Waals surface area contributed by atoms with E-state index in [0.717, 1.165) is 34.2 Å². The molecule has 0 fully saturated rings. The van der Waals surface area contributed by atoms with E-state index in [9.17, 15) is 9.59 Å². The van der Waals surface area contributed by atoms with Crippen molar-refractivity contribution in [2.75, 3.05) is 0 Å². The van der Waals surface area contributed by atoms with Gasteiger partial charge in [-0.15, -0.1) is 0 Å². The Hall–Kier alpha value is -3.40. The third-order valence-electron chi connectivity index (χ3n) is 6.10. The van der Waals surface area contributed by atoms with Crippen LogP contribution in [-0.2, 0) is 29.0 Å². The first-order chi connectivity index (χ1) is 16.4. The van der Waals surface area contributed by atoms with E-state index in [4.69, 9.17) is 0 Å². The minimum absolute atomic E-state index is 0.0406. The maximum Gasteiger partial charge on any atom is 0.243 e. The van der Waals surface area contributed by atoms with Crippen molar-refractivity contribution in [3.05, 3.63) is 107 Å². The summed E-state index contributed by atoms with van der Waals surface area (Å²) in [6.07, 6.45) is 1.56. The van der Waals surface area contributed by atoms with Gasteiger partial charge in [0.1, 0.15) is 6.04 Å². The lowest BCUT2D eigenvalue weighted by Crippen LogP contribution is -2.52. The average molecular weight is 457 g/mol. The van der Waals surface area contributed by atoms with Gasteiger partial charge >= 0.3 is 0 Å². The highest BCUT2D eigenvalue weighted by atomic mass is 16.2. The zero-order valence-corrected chi connectivity index (χ0v) is 20.8. The van der Waals surface area contributed by atoms with Gasteiger partial charge in [-0.3, -0.25) is 9.59 Å². The molecule has 1 N–H and O–H groups in total. The molecule has 0 aromatic heterocycles. The van der Waals surface area contributed by atoms with Crippen LogP contribution >= 0.6 is 0 Å². The maximum atomic E-state index is 13.8. The van der Waals surface area contributed by atoms with Gasteiger partial charge in [-0.25, -0.2) is 0 Å². The number of aryl methyl sites for hydroxylation is 2. The number of nitrogens with zero attached hydrogens (tertiary/aromatic N) is 1. The second-order valence-electron chi connectivity index (χ2n) is 9.20. The number of carbonyl (C=O) groups is 2. The van der Waals surface area contributed by atoms with Crippen molar-refractivity contribution in [2.24, 2.45) is 0 Å². The molecule has 0 heterocycles. The predicted octanol–water partition coefficient (Wildman–Crippen LogP) is 5.40. The predicted molar refractivity (Wildman–Crippen MR) is 138 cm³/mol. The highest BCUT2D eigenvalue weighted by molar-refractivity contribution is 5.89. The standard InChI is InChI=1S/C30H36N2O2/c1-5-24(4)31-30(34)28(19-25-12-8-6-9-13-25)32(21-26-14-10-7-11-15-26)29(33)20-27-17-22(2)16-23(3)18-27/h6-18,24,28H,5,19-21H2,1-4H3,(H,31,34)/t24-,28-/m1/s1. The number of carbonyl (C=O) groups excluding carboxylic acids is 2. The topological polar surface area (TPSA) is 49.4 Å².